The molecule has 12 amide bonds. The third-order valence-corrected chi connectivity index (χ3v) is 13.8. The van der Waals surface area contributed by atoms with Crippen molar-refractivity contribution < 1.29 is 62.5 Å². The number of fused-ring (bicyclic) bond motifs is 5. The van der Waals surface area contributed by atoms with E-state index < -0.39 is 28.3 Å². The minimum atomic E-state index is -0.696. The van der Waals surface area contributed by atoms with Crippen LogP contribution in [0.5, 0.6) is 0 Å². The molecule has 0 radical (unpaired) electrons. The number of anilines is 6. The highest BCUT2D eigenvalue weighted by molar-refractivity contribution is 6.25. The molecule has 0 spiro atoms. The van der Waals surface area contributed by atoms with E-state index in [1.54, 1.807) is 48.5 Å². The molecule has 0 atom stereocenters. The van der Waals surface area contributed by atoms with E-state index in [-0.39, 0.29) is 76.5 Å². The van der Waals surface area contributed by atoms with Crippen molar-refractivity contribution in [1.82, 2.24) is 24.9 Å². The second-order valence-corrected chi connectivity index (χ2v) is 20.2. The van der Waals surface area contributed by atoms with Crippen molar-refractivity contribution in [2.24, 2.45) is 0 Å². The number of hydrogen-bond donors (Lipinski definition) is 7. The lowest BCUT2D eigenvalue weighted by atomic mass is 10.1. The maximum atomic E-state index is 12.3. The lowest BCUT2D eigenvalue weighted by Gasteiger charge is -2.12. The molecule has 5 aromatic carbocycles. The summed E-state index contributed by atoms with van der Waals surface area (Å²) in [5.41, 5.74) is 27.3. The van der Waals surface area contributed by atoms with Crippen LogP contribution in [0.2, 0.25) is 0 Å². The lowest BCUT2D eigenvalue weighted by Crippen LogP contribution is -2.30. The fourth-order valence-electron chi connectivity index (χ4n) is 9.28. The Balaban J connectivity index is 0.000000174. The number of benzene rings is 5. The Hall–Kier alpha value is -10.7. The van der Waals surface area contributed by atoms with Crippen LogP contribution in [-0.2, 0) is 9.59 Å². The largest absolute Gasteiger partial charge is 0.399 e. The number of imide groups is 5. The van der Waals surface area contributed by atoms with Gasteiger partial charge in [-0.2, -0.15) is 0 Å². The highest BCUT2D eigenvalue weighted by Gasteiger charge is 2.40. The molecule has 5 heterocycles. The molecule has 450 valence electrons. The highest BCUT2D eigenvalue weighted by atomic mass is 16.6. The van der Waals surface area contributed by atoms with Gasteiger partial charge in [0, 0.05) is 63.2 Å². The third kappa shape index (κ3) is 14.2. The summed E-state index contributed by atoms with van der Waals surface area (Å²) in [5.74, 6) is -3.95. The normalized spacial score (nSPS) is 13.9. The van der Waals surface area contributed by atoms with Crippen LogP contribution in [0.1, 0.15) is 196 Å². The maximum absolute atomic E-state index is 12.3. The maximum Gasteiger partial charge on any atom is 0.293 e. The summed E-state index contributed by atoms with van der Waals surface area (Å²) in [7, 11) is 0. The molecule has 26 heteroatoms. The number of hydrogen-bond acceptors (Lipinski definition) is 18. The topological polar surface area (TPSA) is 401 Å². The Morgan fingerprint density at radius 1 is 0.430 bits per heavy atom. The van der Waals surface area contributed by atoms with E-state index in [1.165, 1.54) is 52.8 Å². The van der Waals surface area contributed by atoms with Gasteiger partial charge in [0.15, 0.2) is 0 Å². The lowest BCUT2D eigenvalue weighted by molar-refractivity contribution is -0.384. The van der Waals surface area contributed by atoms with Gasteiger partial charge in [-0.15, -0.1) is 0 Å². The van der Waals surface area contributed by atoms with Gasteiger partial charge < -0.3 is 33.6 Å². The molecule has 0 aromatic heterocycles. The van der Waals surface area contributed by atoms with Crippen molar-refractivity contribution in [3.05, 3.63) is 145 Å². The van der Waals surface area contributed by atoms with E-state index in [0.29, 0.717) is 99.0 Å². The number of carbonyl (C=O) groups is 12. The van der Waals surface area contributed by atoms with E-state index in [9.17, 15) is 67.6 Å². The fraction of sp³-hybridized carbons (Fsp3) is 0.300. The van der Waals surface area contributed by atoms with Crippen LogP contribution in [0.25, 0.3) is 0 Å². The zero-order valence-electron chi connectivity index (χ0n) is 48.3. The Bertz CT molecular complexity index is 3610. The van der Waals surface area contributed by atoms with Gasteiger partial charge in [-0.05, 0) is 98.5 Å². The standard InChI is InChI=1S/C14H15N3O5.C14H16N2O3.C12H15N3O2.C12H14N2O2.C8H6N2O2/c1-3-4-5-16-13(19)9-6-11(15-8(2)18)12(17(21)22)7-10(9)14(16)20;1-3-4-7-16-13(18)11-6-5-10(15-9(2)17)8-12(11)14(16)19;1-2-3-4-15-11(16)7-5-9(13)10(14)6-8(7)12(15)17;1-2-3-6-14-11(15)9-5-4-8(13)7-10(9)12(14)16;9-4-1-2-5-6(3-4)8(12)10-7(5)11/h6-7H,3-5H2,1-2H3,(H,15,18);5-6,8H,3-4,7H2,1-2H3,(H,15,17);5-6H,2-4,13-14H2,1H3;4-5,7H,2-3,6,13H2,1H3;1-3H,9H2,(H,10,11,12). The first kappa shape index (κ1) is 64.5. The van der Waals surface area contributed by atoms with E-state index in [1.807, 2.05) is 27.7 Å². The first-order valence-electron chi connectivity index (χ1n) is 27.6. The van der Waals surface area contributed by atoms with E-state index >= 15 is 0 Å². The van der Waals surface area contributed by atoms with Gasteiger partial charge in [0.25, 0.3) is 64.8 Å². The zero-order valence-corrected chi connectivity index (χ0v) is 48.3. The average Bonchev–Trinajstić information content (AvgIpc) is 4.36. The van der Waals surface area contributed by atoms with Crippen molar-refractivity contribution in [2.75, 3.05) is 59.7 Å². The number of nitrogens with one attached hydrogen (secondary N) is 3. The molecule has 5 aliphatic heterocycles. The molecule has 86 heavy (non-hydrogen) atoms. The number of unbranched alkanes of at least 4 members (excludes halogenated alkanes) is 4. The van der Waals surface area contributed by atoms with Crippen LogP contribution in [0.3, 0.4) is 0 Å². The van der Waals surface area contributed by atoms with Crippen LogP contribution in [0, 0.1) is 10.1 Å². The molecule has 5 aliphatic rings. The molecule has 0 saturated heterocycles. The SMILES string of the molecule is CCCCN1C(=O)c2cc(N)c(N)cc2C1=O.CCCCN1C(=O)c2cc(NC(C)=O)c([N+](=O)[O-])cc2C1=O.CCCCN1C(=O)c2ccc(N)cc2C1=O.CCCCN1C(=O)c2ccc(NC(C)=O)cc2C1=O.Nc1ccc2c(c1)C(=O)NC2=O. The first-order valence-corrected chi connectivity index (χ1v) is 27.6. The van der Waals surface area contributed by atoms with Crippen molar-refractivity contribution in [1.29, 1.82) is 0 Å². The minimum Gasteiger partial charge on any atom is -0.399 e. The predicted octanol–water partition coefficient (Wildman–Crippen LogP) is 7.05. The molecule has 0 saturated carbocycles. The quantitative estimate of drug-likeness (QED) is 0.0239. The van der Waals surface area contributed by atoms with Crippen molar-refractivity contribution in [3.63, 3.8) is 0 Å². The summed E-state index contributed by atoms with van der Waals surface area (Å²) in [6.45, 7) is 12.2. The number of nitro benzene ring substituents is 1. The van der Waals surface area contributed by atoms with Crippen molar-refractivity contribution in [2.45, 2.75) is 92.9 Å². The van der Waals surface area contributed by atoms with Crippen LogP contribution < -0.4 is 38.9 Å². The van der Waals surface area contributed by atoms with E-state index in [2.05, 4.69) is 16.0 Å². The van der Waals surface area contributed by atoms with E-state index in [4.69, 9.17) is 22.9 Å². The minimum absolute atomic E-state index is 0.00176. The van der Waals surface area contributed by atoms with Gasteiger partial charge in [-0.1, -0.05) is 53.4 Å². The second kappa shape index (κ2) is 28.1. The van der Waals surface area contributed by atoms with Gasteiger partial charge in [0.05, 0.1) is 71.9 Å². The summed E-state index contributed by atoms with van der Waals surface area (Å²) < 4.78 is 0. The number of carbonyl (C=O) groups excluding carboxylic acids is 12. The molecule has 0 fully saturated rings. The van der Waals surface area contributed by atoms with Crippen molar-refractivity contribution in [3.8, 4) is 0 Å². The monoisotopic (exact) mass is 1180 g/mol. The summed E-state index contributed by atoms with van der Waals surface area (Å²) in [4.78, 5) is 156. The fourth-order valence-corrected chi connectivity index (χ4v) is 9.28. The van der Waals surface area contributed by atoms with Gasteiger partial charge in [-0.25, -0.2) is 0 Å². The van der Waals surface area contributed by atoms with Crippen LogP contribution >= 0.6 is 0 Å². The zero-order chi connectivity index (χ0) is 63.4. The summed E-state index contributed by atoms with van der Waals surface area (Å²) in [6, 6.07) is 19.5. The molecular formula is C60H66N12O14. The number of nitrogen functional groups attached to an aromatic ring is 4. The molecular weight excluding hydrogens is 1110 g/mol. The Labute approximate surface area is 493 Å². The first-order chi connectivity index (χ1) is 40.8. The summed E-state index contributed by atoms with van der Waals surface area (Å²) >= 11 is 0. The Morgan fingerprint density at radius 3 is 1.15 bits per heavy atom. The van der Waals surface area contributed by atoms with Gasteiger partial charge in [0.2, 0.25) is 11.8 Å². The Kier molecular flexibility index (Phi) is 21.1. The average molecular weight is 1180 g/mol. The number of rotatable bonds is 15. The van der Waals surface area contributed by atoms with Crippen LogP contribution in [-0.4, -0.2) is 122 Å². The predicted molar refractivity (Wildman–Crippen MR) is 318 cm³/mol. The summed E-state index contributed by atoms with van der Waals surface area (Å²) in [5, 5.41) is 18.2. The Morgan fingerprint density at radius 2 is 0.756 bits per heavy atom. The van der Waals surface area contributed by atoms with Gasteiger partial charge in [-0.3, -0.25) is 92.6 Å². The van der Waals surface area contributed by atoms with Crippen molar-refractivity contribution >= 4 is 111 Å². The molecule has 5 aromatic rings. The highest BCUT2D eigenvalue weighted by Crippen LogP contribution is 2.35. The molecule has 0 aliphatic carbocycles. The van der Waals surface area contributed by atoms with E-state index in [0.717, 1.165) is 55.9 Å². The van der Waals surface area contributed by atoms with Crippen LogP contribution in [0.4, 0.5) is 39.8 Å². The van der Waals surface area contributed by atoms with Crippen LogP contribution in [0.15, 0.2) is 78.9 Å². The molecule has 0 unspecified atom stereocenters. The number of nitrogens with zero attached hydrogens (tertiary/aromatic N) is 5. The van der Waals surface area contributed by atoms with Gasteiger partial charge in [0.1, 0.15) is 5.69 Å². The number of nitro groups is 1. The molecule has 26 nitrogen and oxygen atoms in total. The third-order valence-electron chi connectivity index (χ3n) is 13.8. The summed E-state index contributed by atoms with van der Waals surface area (Å²) in [6.07, 6.45) is 6.70. The molecule has 10 rings (SSSR count). The number of nitrogens with two attached hydrogens (primary N) is 4. The molecule has 0 bridgehead atoms. The van der Waals surface area contributed by atoms with Gasteiger partial charge >= 0.3 is 0 Å². The second-order valence-electron chi connectivity index (χ2n) is 20.2. The number of amides is 12. The smallest absolute Gasteiger partial charge is 0.293 e. The molecule has 11 N–H and O–H groups in total.